The van der Waals surface area contributed by atoms with E-state index in [1.165, 1.54) is 0 Å². The monoisotopic (exact) mass is 224 g/mol. The van der Waals surface area contributed by atoms with Crippen molar-refractivity contribution in [2.24, 2.45) is 0 Å². The first-order chi connectivity index (χ1) is 2.00. The van der Waals surface area contributed by atoms with Crippen LogP contribution in [-0.2, 0) is 10.4 Å². The number of rotatable bonds is 0. The van der Waals surface area contributed by atoms with E-state index in [0.29, 0.717) is 0 Å². The smallest absolute Gasteiger partial charge is 0.726 e. The van der Waals surface area contributed by atoms with E-state index < -0.39 is 10.4 Å². The summed E-state index contributed by atoms with van der Waals surface area (Å²) < 4.78 is 32.8. The maximum atomic E-state index is 8.63. The van der Waals surface area contributed by atoms with Crippen molar-refractivity contribution in [3.05, 3.63) is 0 Å². The van der Waals surface area contributed by atoms with Gasteiger partial charge in [-0.3, -0.25) is 32.8 Å². The standard InChI is InChI=1S/6FH.Li.H2O4S/c;;;;;;;1-5(2,3)4/h6*1H;;(H2,1,2,3,4)/q;;;;;;+1;/p-1. The van der Waals surface area contributed by atoms with Crippen LogP contribution >= 0.6 is 0 Å². The second-order valence-electron chi connectivity index (χ2n) is 0.428. The van der Waals surface area contributed by atoms with Crippen LogP contribution in [0.2, 0.25) is 0 Å². The van der Waals surface area contributed by atoms with Crippen molar-refractivity contribution in [3.8, 4) is 0 Å². The van der Waals surface area contributed by atoms with E-state index in [-0.39, 0.29) is 47.1 Å². The molecule has 0 radical (unpaired) electrons. The second kappa shape index (κ2) is 30.5. The molecule has 0 aliphatic heterocycles. The number of hydrogen-bond donors (Lipinski definition) is 1. The molecule has 0 fully saturated rings. The maximum absolute atomic E-state index is 8.63. The molecule has 0 aromatic rings. The molecule has 0 bridgehead atoms. The molecule has 0 aliphatic rings. The van der Waals surface area contributed by atoms with Crippen LogP contribution < -0.4 is 18.9 Å². The van der Waals surface area contributed by atoms with E-state index in [0.717, 1.165) is 0 Å². The van der Waals surface area contributed by atoms with Gasteiger partial charge in [-0.25, -0.2) is 8.42 Å². The van der Waals surface area contributed by atoms with E-state index in [4.69, 9.17) is 17.5 Å². The van der Waals surface area contributed by atoms with Crippen molar-refractivity contribution < 1.29 is 64.6 Å². The van der Waals surface area contributed by atoms with Gasteiger partial charge < -0.3 is 4.55 Å². The number of halogens is 6. The maximum Gasteiger partial charge on any atom is 1.00 e. The summed E-state index contributed by atoms with van der Waals surface area (Å²) in [5, 5.41) is 0. The molecule has 0 aliphatic carbocycles. The first-order valence-electron chi connectivity index (χ1n) is 0.683. The second-order valence-corrected chi connectivity index (χ2v) is 1.28. The Kier molecular flexibility index (Phi) is 228. The zero-order chi connectivity index (χ0) is 4.50. The van der Waals surface area contributed by atoms with Crippen LogP contribution in [0.15, 0.2) is 0 Å². The average molecular weight is 224 g/mol. The summed E-state index contributed by atoms with van der Waals surface area (Å²) in [6, 6.07) is 0. The summed E-state index contributed by atoms with van der Waals surface area (Å²) in [6.45, 7) is 0. The minimum absolute atomic E-state index is 0. The quantitative estimate of drug-likeness (QED) is 0.205. The van der Waals surface area contributed by atoms with E-state index in [2.05, 4.69) is 0 Å². The first kappa shape index (κ1) is 89.8. The van der Waals surface area contributed by atoms with Crippen molar-refractivity contribution in [3.63, 3.8) is 0 Å². The predicted molar refractivity (Wildman–Crippen MR) is 27.3 cm³/mol. The Morgan fingerprint density at radius 1 is 0.833 bits per heavy atom. The summed E-state index contributed by atoms with van der Waals surface area (Å²) in [5.74, 6) is 0. The molecule has 0 rings (SSSR count). The van der Waals surface area contributed by atoms with Gasteiger partial charge in [0.25, 0.3) is 0 Å². The topological polar surface area (TPSA) is 77.4 Å². The third-order valence-electron chi connectivity index (χ3n) is 0. The van der Waals surface area contributed by atoms with Gasteiger partial charge in [0.1, 0.15) is 0 Å². The summed E-state index contributed by atoms with van der Waals surface area (Å²) in [7, 11) is -4.92. The van der Waals surface area contributed by atoms with Crippen molar-refractivity contribution in [1.29, 1.82) is 0 Å². The molecular formula is H7F6LiO4S. The molecule has 0 heterocycles. The molecule has 0 spiro atoms. The summed E-state index contributed by atoms with van der Waals surface area (Å²) in [4.78, 5) is 0. The molecule has 1 N–H and O–H groups in total. The zero-order valence-corrected chi connectivity index (χ0v) is 6.35. The van der Waals surface area contributed by atoms with Gasteiger partial charge in [0.2, 0.25) is 10.4 Å². The normalized spacial score (nSPS) is 4.83. The summed E-state index contributed by atoms with van der Waals surface area (Å²) >= 11 is 0. The third-order valence-corrected chi connectivity index (χ3v) is 0. The molecule has 0 aromatic heterocycles. The molecule has 0 amide bonds. The molecule has 4 nitrogen and oxygen atoms in total. The predicted octanol–water partition coefficient (Wildman–Crippen LogP) is -3.08. The third kappa shape index (κ3) is 366000. The van der Waals surface area contributed by atoms with Gasteiger partial charge in [-0.1, -0.05) is 0 Å². The van der Waals surface area contributed by atoms with E-state index in [1.54, 1.807) is 0 Å². The van der Waals surface area contributed by atoms with E-state index >= 15 is 0 Å². The van der Waals surface area contributed by atoms with E-state index in [1.807, 2.05) is 0 Å². The van der Waals surface area contributed by atoms with Gasteiger partial charge in [0.15, 0.2) is 0 Å². The molecular weight excluding hydrogens is 217 g/mol. The minimum atomic E-state index is -4.92. The fourth-order valence-corrected chi connectivity index (χ4v) is 0. The molecule has 0 saturated heterocycles. The Hall–Kier alpha value is 0.0474. The summed E-state index contributed by atoms with van der Waals surface area (Å²) in [6.07, 6.45) is 0. The van der Waals surface area contributed by atoms with Crippen molar-refractivity contribution in [2.45, 2.75) is 0 Å². The van der Waals surface area contributed by atoms with E-state index in [9.17, 15) is 0 Å². The van der Waals surface area contributed by atoms with Crippen molar-refractivity contribution in [1.82, 2.24) is 0 Å². The van der Waals surface area contributed by atoms with Crippen LogP contribution in [0.5, 0.6) is 0 Å². The van der Waals surface area contributed by atoms with Crippen LogP contribution in [0.25, 0.3) is 0 Å². The fraction of sp³-hybridized carbons (Fsp3) is 0. The molecule has 0 atom stereocenters. The molecule has 12 heavy (non-hydrogen) atoms. The van der Waals surface area contributed by atoms with Gasteiger partial charge in [-0.05, 0) is 0 Å². The Bertz CT molecular complexity index is 103. The SMILES string of the molecule is F.F.F.F.F.F.O=S(=O)([O-])O.[Li+]. The van der Waals surface area contributed by atoms with Gasteiger partial charge in [-0.15, -0.1) is 0 Å². The largest absolute Gasteiger partial charge is 1.00 e. The minimum Gasteiger partial charge on any atom is -0.726 e. The van der Waals surface area contributed by atoms with Crippen LogP contribution in [0.3, 0.4) is 0 Å². The fourth-order valence-electron chi connectivity index (χ4n) is 0. The number of hydrogen-bond acceptors (Lipinski definition) is 3. The van der Waals surface area contributed by atoms with Crippen LogP contribution in [-0.4, -0.2) is 17.5 Å². The molecule has 12 heteroatoms. The van der Waals surface area contributed by atoms with Crippen LogP contribution in [0, 0.1) is 0 Å². The molecule has 0 saturated carbocycles. The van der Waals surface area contributed by atoms with Gasteiger partial charge in [-0.2, -0.15) is 0 Å². The van der Waals surface area contributed by atoms with Crippen molar-refractivity contribution >= 4 is 10.4 Å². The first-order valence-corrected chi connectivity index (χ1v) is 2.05. The Balaban J connectivity index is -0.00000000381. The van der Waals surface area contributed by atoms with Gasteiger partial charge in [0.05, 0.1) is 0 Å². The van der Waals surface area contributed by atoms with Gasteiger partial charge in [0, 0.05) is 0 Å². The van der Waals surface area contributed by atoms with Crippen LogP contribution in [0.1, 0.15) is 0 Å². The molecule has 0 unspecified atom stereocenters. The Labute approximate surface area is 75.7 Å². The zero-order valence-electron chi connectivity index (χ0n) is 5.53. The van der Waals surface area contributed by atoms with Gasteiger partial charge >= 0.3 is 18.9 Å². The van der Waals surface area contributed by atoms with Crippen LogP contribution in [0.4, 0.5) is 28.2 Å². The Morgan fingerprint density at radius 3 is 0.833 bits per heavy atom. The summed E-state index contributed by atoms with van der Waals surface area (Å²) in [5.41, 5.74) is 0. The van der Waals surface area contributed by atoms with Crippen molar-refractivity contribution in [2.75, 3.05) is 0 Å². The Morgan fingerprint density at radius 2 is 0.833 bits per heavy atom. The molecule has 80 valence electrons. The average Bonchev–Trinajstić information content (AvgIpc) is 0.722. The molecule has 0 aromatic carbocycles.